The second-order valence-corrected chi connectivity index (χ2v) is 5.09. The Morgan fingerprint density at radius 3 is 2.87 bits per heavy atom. The molecular formula is C11H13BrN2S. The fraction of sp³-hybridized carbons (Fsp3) is 0.364. The summed E-state index contributed by atoms with van der Waals surface area (Å²) in [4.78, 5) is 2.11. The van der Waals surface area contributed by atoms with Crippen molar-refractivity contribution in [3.8, 4) is 6.07 Å². The standard InChI is InChI=1S/C11H13BrN2S/c1-14(5-6-15-2)11-4-3-10(12)7-9(11)8-13/h3-4,7H,5-6H2,1-2H3. The summed E-state index contributed by atoms with van der Waals surface area (Å²) in [5.41, 5.74) is 1.71. The zero-order valence-electron chi connectivity index (χ0n) is 8.83. The third kappa shape index (κ3) is 3.44. The zero-order valence-corrected chi connectivity index (χ0v) is 11.2. The highest BCUT2D eigenvalue weighted by molar-refractivity contribution is 9.10. The van der Waals surface area contributed by atoms with Gasteiger partial charge in [-0.15, -0.1) is 0 Å². The molecule has 0 aromatic heterocycles. The molecule has 0 aliphatic heterocycles. The molecule has 80 valence electrons. The van der Waals surface area contributed by atoms with Crippen molar-refractivity contribution in [3.05, 3.63) is 28.2 Å². The molecule has 0 atom stereocenters. The Balaban J connectivity index is 2.89. The van der Waals surface area contributed by atoms with Crippen LogP contribution in [0.5, 0.6) is 0 Å². The smallest absolute Gasteiger partial charge is 0.101 e. The molecular weight excluding hydrogens is 272 g/mol. The van der Waals surface area contributed by atoms with Crippen LogP contribution in [0, 0.1) is 11.3 Å². The van der Waals surface area contributed by atoms with Gasteiger partial charge < -0.3 is 4.90 Å². The van der Waals surface area contributed by atoms with Crippen molar-refractivity contribution in [1.29, 1.82) is 5.26 Å². The van der Waals surface area contributed by atoms with E-state index < -0.39 is 0 Å². The SMILES string of the molecule is CSCCN(C)c1ccc(Br)cc1C#N. The summed E-state index contributed by atoms with van der Waals surface area (Å²) >= 11 is 5.17. The number of hydrogen-bond acceptors (Lipinski definition) is 3. The molecule has 4 heteroatoms. The molecule has 2 nitrogen and oxygen atoms in total. The van der Waals surface area contributed by atoms with E-state index in [1.54, 1.807) is 0 Å². The van der Waals surface area contributed by atoms with Gasteiger partial charge in [-0.05, 0) is 24.5 Å². The first-order valence-corrected chi connectivity index (χ1v) is 6.77. The number of nitriles is 1. The Labute approximate surface area is 103 Å². The summed E-state index contributed by atoms with van der Waals surface area (Å²) in [6, 6.07) is 8.01. The number of hydrogen-bond donors (Lipinski definition) is 0. The Morgan fingerprint density at radius 1 is 1.53 bits per heavy atom. The molecule has 0 aliphatic carbocycles. The normalized spacial score (nSPS) is 9.73. The molecule has 0 unspecified atom stereocenters. The third-order valence-corrected chi connectivity index (χ3v) is 3.21. The molecule has 1 aromatic carbocycles. The van der Waals surface area contributed by atoms with E-state index in [4.69, 9.17) is 5.26 Å². The van der Waals surface area contributed by atoms with Gasteiger partial charge in [-0.25, -0.2) is 0 Å². The van der Waals surface area contributed by atoms with Gasteiger partial charge in [-0.3, -0.25) is 0 Å². The quantitative estimate of drug-likeness (QED) is 0.850. The molecule has 1 rings (SSSR count). The van der Waals surface area contributed by atoms with Gasteiger partial charge >= 0.3 is 0 Å². The van der Waals surface area contributed by atoms with Crippen LogP contribution in [0.15, 0.2) is 22.7 Å². The largest absolute Gasteiger partial charge is 0.373 e. The molecule has 0 bridgehead atoms. The van der Waals surface area contributed by atoms with Gasteiger partial charge in [0.2, 0.25) is 0 Å². The van der Waals surface area contributed by atoms with Crippen molar-refractivity contribution in [3.63, 3.8) is 0 Å². The van der Waals surface area contributed by atoms with E-state index in [0.717, 1.165) is 22.5 Å². The average Bonchev–Trinajstić information content (AvgIpc) is 2.25. The monoisotopic (exact) mass is 284 g/mol. The highest BCUT2D eigenvalue weighted by atomic mass is 79.9. The highest BCUT2D eigenvalue weighted by Gasteiger charge is 2.06. The number of thioether (sulfide) groups is 1. The van der Waals surface area contributed by atoms with Gasteiger partial charge in [-0.2, -0.15) is 17.0 Å². The van der Waals surface area contributed by atoms with Gasteiger partial charge in [-0.1, -0.05) is 15.9 Å². The topological polar surface area (TPSA) is 27.0 Å². The summed E-state index contributed by atoms with van der Waals surface area (Å²) in [5.74, 6) is 1.07. The average molecular weight is 285 g/mol. The first-order chi connectivity index (χ1) is 7.19. The van der Waals surface area contributed by atoms with Crippen LogP contribution in [0.2, 0.25) is 0 Å². The molecule has 0 radical (unpaired) electrons. The van der Waals surface area contributed by atoms with Crippen molar-refractivity contribution in [1.82, 2.24) is 0 Å². The molecule has 0 saturated heterocycles. The second-order valence-electron chi connectivity index (χ2n) is 3.19. The lowest BCUT2D eigenvalue weighted by atomic mass is 10.2. The highest BCUT2D eigenvalue weighted by Crippen LogP contribution is 2.23. The summed E-state index contributed by atoms with van der Waals surface area (Å²) in [5, 5.41) is 9.01. The van der Waals surface area contributed by atoms with Gasteiger partial charge in [0.1, 0.15) is 6.07 Å². The Kier molecular flexibility index (Phi) is 5.00. The first kappa shape index (κ1) is 12.4. The minimum absolute atomic E-state index is 0.716. The van der Waals surface area contributed by atoms with Crippen molar-refractivity contribution in [2.75, 3.05) is 30.5 Å². The minimum Gasteiger partial charge on any atom is -0.373 e. The van der Waals surface area contributed by atoms with E-state index >= 15 is 0 Å². The van der Waals surface area contributed by atoms with E-state index in [1.807, 2.05) is 37.0 Å². The number of halogens is 1. The lowest BCUT2D eigenvalue weighted by Gasteiger charge is -2.19. The van der Waals surface area contributed by atoms with Gasteiger partial charge in [0, 0.05) is 23.8 Å². The summed E-state index contributed by atoms with van der Waals surface area (Å²) < 4.78 is 0.945. The van der Waals surface area contributed by atoms with Gasteiger partial charge in [0.15, 0.2) is 0 Å². The molecule has 0 fully saturated rings. The number of nitrogens with zero attached hydrogens (tertiary/aromatic N) is 2. The number of anilines is 1. The molecule has 0 spiro atoms. The molecule has 0 N–H and O–H groups in total. The summed E-state index contributed by atoms with van der Waals surface area (Å²) in [7, 11) is 2.01. The molecule has 1 aromatic rings. The molecule has 0 heterocycles. The van der Waals surface area contributed by atoms with Crippen molar-refractivity contribution in [2.45, 2.75) is 0 Å². The van der Waals surface area contributed by atoms with Crippen LogP contribution in [-0.4, -0.2) is 25.6 Å². The van der Waals surface area contributed by atoms with Crippen molar-refractivity contribution >= 4 is 33.4 Å². The van der Waals surface area contributed by atoms with E-state index in [9.17, 15) is 0 Å². The van der Waals surface area contributed by atoms with E-state index in [-0.39, 0.29) is 0 Å². The van der Waals surface area contributed by atoms with Crippen LogP contribution >= 0.6 is 27.7 Å². The fourth-order valence-corrected chi connectivity index (χ4v) is 2.10. The Bertz CT molecular complexity index is 373. The molecule has 0 amide bonds. The van der Waals surface area contributed by atoms with E-state index in [2.05, 4.69) is 33.2 Å². The van der Waals surface area contributed by atoms with Crippen molar-refractivity contribution < 1.29 is 0 Å². The van der Waals surface area contributed by atoms with Crippen LogP contribution in [0.3, 0.4) is 0 Å². The summed E-state index contributed by atoms with van der Waals surface area (Å²) in [6.07, 6.45) is 2.08. The fourth-order valence-electron chi connectivity index (χ4n) is 1.28. The maximum Gasteiger partial charge on any atom is 0.101 e. The van der Waals surface area contributed by atoms with Crippen LogP contribution < -0.4 is 4.90 Å². The van der Waals surface area contributed by atoms with E-state index in [1.165, 1.54) is 0 Å². The second kappa shape index (κ2) is 6.04. The lowest BCUT2D eigenvalue weighted by molar-refractivity contribution is 0.975. The van der Waals surface area contributed by atoms with Gasteiger partial charge in [0.25, 0.3) is 0 Å². The van der Waals surface area contributed by atoms with Crippen molar-refractivity contribution in [2.24, 2.45) is 0 Å². The predicted octanol–water partition coefficient (Wildman–Crippen LogP) is 3.12. The third-order valence-electron chi connectivity index (χ3n) is 2.12. The number of rotatable bonds is 4. The van der Waals surface area contributed by atoms with Crippen LogP contribution in [-0.2, 0) is 0 Å². The predicted molar refractivity (Wildman–Crippen MR) is 70.5 cm³/mol. The Morgan fingerprint density at radius 2 is 2.27 bits per heavy atom. The van der Waals surface area contributed by atoms with Crippen LogP contribution in [0.4, 0.5) is 5.69 Å². The Hall–Kier alpha value is -0.660. The first-order valence-electron chi connectivity index (χ1n) is 4.58. The maximum atomic E-state index is 9.01. The molecule has 15 heavy (non-hydrogen) atoms. The van der Waals surface area contributed by atoms with E-state index in [0.29, 0.717) is 5.56 Å². The summed E-state index contributed by atoms with van der Waals surface area (Å²) in [6.45, 7) is 0.956. The zero-order chi connectivity index (χ0) is 11.3. The van der Waals surface area contributed by atoms with Crippen LogP contribution in [0.25, 0.3) is 0 Å². The lowest BCUT2D eigenvalue weighted by Crippen LogP contribution is -2.21. The van der Waals surface area contributed by atoms with Gasteiger partial charge in [0.05, 0.1) is 11.3 Å². The minimum atomic E-state index is 0.716. The maximum absolute atomic E-state index is 9.01. The number of benzene rings is 1. The molecule has 0 aliphatic rings. The molecule has 0 saturated carbocycles. The van der Waals surface area contributed by atoms with Crippen LogP contribution in [0.1, 0.15) is 5.56 Å².